The van der Waals surface area contributed by atoms with Gasteiger partial charge in [-0.2, -0.15) is 5.26 Å². The molecule has 0 unspecified atom stereocenters. The lowest BCUT2D eigenvalue weighted by Crippen LogP contribution is -2.13. The van der Waals surface area contributed by atoms with Crippen molar-refractivity contribution in [3.8, 4) is 22.9 Å². The molecule has 1 N–H and O–H groups in total. The van der Waals surface area contributed by atoms with E-state index in [0.717, 1.165) is 61.2 Å². The smallest absolute Gasteiger partial charge is 0.137 e. The van der Waals surface area contributed by atoms with E-state index in [-0.39, 0.29) is 0 Å². The number of aromatic nitrogens is 5. The summed E-state index contributed by atoms with van der Waals surface area (Å²) in [6.45, 7) is 5.87. The van der Waals surface area contributed by atoms with Gasteiger partial charge in [-0.05, 0) is 68.3 Å². The molecular formula is C28H22N6. The molecule has 34 heavy (non-hydrogen) atoms. The number of hydrogen-bond acceptors (Lipinski definition) is 4. The van der Waals surface area contributed by atoms with Crippen LogP contribution in [0.3, 0.4) is 0 Å². The van der Waals surface area contributed by atoms with Crippen molar-refractivity contribution in [3.63, 3.8) is 0 Å². The molecule has 0 amide bonds. The Morgan fingerprint density at radius 2 is 1.74 bits per heavy atom. The van der Waals surface area contributed by atoms with Gasteiger partial charge in [0.25, 0.3) is 0 Å². The molecule has 6 rings (SSSR count). The Labute approximate surface area is 196 Å². The second-order valence-corrected chi connectivity index (χ2v) is 9.14. The van der Waals surface area contributed by atoms with Crippen LogP contribution < -0.4 is 0 Å². The second-order valence-electron chi connectivity index (χ2n) is 9.14. The third-order valence-electron chi connectivity index (χ3n) is 6.51. The van der Waals surface area contributed by atoms with E-state index in [4.69, 9.17) is 4.98 Å². The molecule has 0 spiro atoms. The summed E-state index contributed by atoms with van der Waals surface area (Å²) in [6, 6.07) is 21.0. The van der Waals surface area contributed by atoms with E-state index >= 15 is 0 Å². The average Bonchev–Trinajstić information content (AvgIpc) is 3.47. The maximum absolute atomic E-state index is 9.49. The molecule has 164 valence electrons. The van der Waals surface area contributed by atoms with E-state index in [9.17, 15) is 5.26 Å². The highest BCUT2D eigenvalue weighted by atomic mass is 15.1. The molecule has 6 heteroatoms. The van der Waals surface area contributed by atoms with Gasteiger partial charge in [-0.15, -0.1) is 0 Å². The topological polar surface area (TPSA) is 83.2 Å². The largest absolute Gasteiger partial charge is 0.346 e. The van der Waals surface area contributed by atoms with Crippen molar-refractivity contribution in [2.45, 2.75) is 26.2 Å². The summed E-state index contributed by atoms with van der Waals surface area (Å²) in [5.41, 5.74) is 7.25. The number of H-pyrrole nitrogens is 1. The number of fused-ring (bicyclic) bond motifs is 4. The number of imidazole rings is 1. The van der Waals surface area contributed by atoms with Crippen molar-refractivity contribution in [2.24, 2.45) is 0 Å². The van der Waals surface area contributed by atoms with Gasteiger partial charge in [0.15, 0.2) is 0 Å². The zero-order chi connectivity index (χ0) is 23.4. The minimum absolute atomic E-state index is 0.537. The van der Waals surface area contributed by atoms with Crippen molar-refractivity contribution in [1.82, 2.24) is 24.5 Å². The molecule has 0 aliphatic carbocycles. The first-order valence-corrected chi connectivity index (χ1v) is 11.2. The molecule has 4 aromatic heterocycles. The van der Waals surface area contributed by atoms with Crippen LogP contribution >= 0.6 is 0 Å². The number of aryl methyl sites for hydroxylation is 1. The highest BCUT2D eigenvalue weighted by Gasteiger charge is 2.20. The Morgan fingerprint density at radius 3 is 2.53 bits per heavy atom. The molecular weight excluding hydrogens is 420 g/mol. The minimum Gasteiger partial charge on any atom is -0.346 e. The van der Waals surface area contributed by atoms with Crippen LogP contribution in [-0.2, 0) is 5.41 Å². The highest BCUT2D eigenvalue weighted by molar-refractivity contribution is 6.04. The van der Waals surface area contributed by atoms with Gasteiger partial charge in [0, 0.05) is 34.4 Å². The predicted octanol–water partition coefficient (Wildman–Crippen LogP) is 6.23. The predicted molar refractivity (Wildman–Crippen MR) is 135 cm³/mol. The van der Waals surface area contributed by atoms with E-state index in [2.05, 4.69) is 62.0 Å². The first-order chi connectivity index (χ1) is 16.4. The minimum atomic E-state index is -0.537. The third-order valence-corrected chi connectivity index (χ3v) is 6.51. The van der Waals surface area contributed by atoms with Gasteiger partial charge >= 0.3 is 0 Å². The van der Waals surface area contributed by atoms with Crippen LogP contribution in [0.2, 0.25) is 0 Å². The van der Waals surface area contributed by atoms with E-state index in [1.165, 1.54) is 0 Å². The Kier molecular flexibility index (Phi) is 4.30. The van der Waals surface area contributed by atoms with Crippen LogP contribution in [0.4, 0.5) is 0 Å². The van der Waals surface area contributed by atoms with Gasteiger partial charge < -0.3 is 4.98 Å². The molecule has 2 aromatic carbocycles. The second kappa shape index (κ2) is 7.26. The van der Waals surface area contributed by atoms with Crippen LogP contribution in [0.25, 0.3) is 49.8 Å². The molecule has 0 radical (unpaired) electrons. The number of pyridine rings is 2. The summed E-state index contributed by atoms with van der Waals surface area (Å²) >= 11 is 0. The molecule has 4 heterocycles. The summed E-state index contributed by atoms with van der Waals surface area (Å²) in [5.74, 6) is 0.886. The molecule has 0 aliphatic heterocycles. The lowest BCUT2D eigenvalue weighted by atomic mass is 9.86. The lowest BCUT2D eigenvalue weighted by Gasteiger charge is -2.17. The van der Waals surface area contributed by atoms with E-state index in [0.29, 0.717) is 0 Å². The number of nitrogens with one attached hydrogen (secondary N) is 1. The van der Waals surface area contributed by atoms with E-state index in [1.54, 1.807) is 0 Å². The SMILES string of the molecule is Cc1nc2cnc3ccc(-c4cnc5[nH]ccc5c4)cc3c2n1-c1ccc(C(C)(C)C#N)cc1. The molecule has 0 bridgehead atoms. The Morgan fingerprint density at radius 1 is 0.912 bits per heavy atom. The number of rotatable bonds is 3. The number of hydrogen-bond donors (Lipinski definition) is 1. The Bertz CT molecular complexity index is 1750. The molecule has 0 aliphatic rings. The van der Waals surface area contributed by atoms with Gasteiger partial charge in [-0.1, -0.05) is 18.2 Å². The summed E-state index contributed by atoms with van der Waals surface area (Å²) in [4.78, 5) is 17.2. The normalized spacial score (nSPS) is 11.9. The molecule has 6 nitrogen and oxygen atoms in total. The highest BCUT2D eigenvalue weighted by Crippen LogP contribution is 2.32. The van der Waals surface area contributed by atoms with Gasteiger partial charge in [-0.25, -0.2) is 9.97 Å². The van der Waals surface area contributed by atoms with Crippen molar-refractivity contribution in [1.29, 1.82) is 5.26 Å². The van der Waals surface area contributed by atoms with Crippen molar-refractivity contribution >= 4 is 33.0 Å². The quantitative estimate of drug-likeness (QED) is 0.352. The van der Waals surface area contributed by atoms with Gasteiger partial charge in [0.05, 0.1) is 28.7 Å². The van der Waals surface area contributed by atoms with Crippen molar-refractivity contribution < 1.29 is 0 Å². The van der Waals surface area contributed by atoms with E-state index in [1.807, 2.05) is 57.6 Å². The monoisotopic (exact) mass is 442 g/mol. The first kappa shape index (κ1) is 20.1. The van der Waals surface area contributed by atoms with Crippen molar-refractivity contribution in [2.75, 3.05) is 0 Å². The van der Waals surface area contributed by atoms with E-state index < -0.39 is 5.41 Å². The van der Waals surface area contributed by atoms with Crippen molar-refractivity contribution in [3.05, 3.63) is 84.6 Å². The maximum atomic E-state index is 9.49. The fourth-order valence-electron chi connectivity index (χ4n) is 4.56. The third kappa shape index (κ3) is 3.06. The summed E-state index contributed by atoms with van der Waals surface area (Å²) in [7, 11) is 0. The van der Waals surface area contributed by atoms with Crippen LogP contribution in [0.15, 0.2) is 73.2 Å². The number of nitriles is 1. The molecule has 0 fully saturated rings. The molecule has 0 atom stereocenters. The van der Waals surface area contributed by atoms with Gasteiger partial charge in [-0.3, -0.25) is 9.55 Å². The van der Waals surface area contributed by atoms with Crippen LogP contribution in [0, 0.1) is 18.3 Å². The number of nitrogens with zero attached hydrogens (tertiary/aromatic N) is 5. The molecule has 0 saturated carbocycles. The molecule has 0 saturated heterocycles. The fourth-order valence-corrected chi connectivity index (χ4v) is 4.56. The Hall–Kier alpha value is -4.50. The van der Waals surface area contributed by atoms with Crippen LogP contribution in [-0.4, -0.2) is 24.5 Å². The maximum Gasteiger partial charge on any atom is 0.137 e. The standard InChI is InChI=1S/C28H22N6/c1-17-33-25-15-31-24-9-4-18(20-12-19-10-11-30-27(19)32-14-20)13-23(24)26(25)34(17)22-7-5-21(6-8-22)28(2,3)16-29/h4-15H,1-3H3,(H,30,32). The fraction of sp³-hybridized carbons (Fsp3) is 0.143. The Balaban J connectivity index is 1.56. The first-order valence-electron chi connectivity index (χ1n) is 11.2. The summed E-state index contributed by atoms with van der Waals surface area (Å²) in [5, 5.41) is 11.6. The van der Waals surface area contributed by atoms with Gasteiger partial charge in [0.2, 0.25) is 0 Å². The van der Waals surface area contributed by atoms with Crippen LogP contribution in [0.5, 0.6) is 0 Å². The lowest BCUT2D eigenvalue weighted by molar-refractivity contribution is 0.686. The molecule has 6 aromatic rings. The zero-order valence-electron chi connectivity index (χ0n) is 19.2. The summed E-state index contributed by atoms with van der Waals surface area (Å²) < 4.78 is 2.17. The van der Waals surface area contributed by atoms with Gasteiger partial charge in [0.1, 0.15) is 17.0 Å². The average molecular weight is 443 g/mol. The van der Waals surface area contributed by atoms with Crippen LogP contribution in [0.1, 0.15) is 25.2 Å². The number of benzene rings is 2. The summed E-state index contributed by atoms with van der Waals surface area (Å²) in [6.07, 6.45) is 5.63. The number of aromatic amines is 1. The zero-order valence-corrected chi connectivity index (χ0v) is 19.2.